The van der Waals surface area contributed by atoms with E-state index in [9.17, 15) is 9.59 Å². The van der Waals surface area contributed by atoms with Crippen LogP contribution in [0, 0.1) is 0 Å². The third kappa shape index (κ3) is 7.88. The number of benzene rings is 2. The number of carbonyl (C=O) groups excluding carboxylic acids is 2. The Morgan fingerprint density at radius 3 is 2.21 bits per heavy atom. The molecule has 9 heteroatoms. The molecule has 0 aliphatic rings. The molecule has 9 nitrogen and oxygen atoms in total. The van der Waals surface area contributed by atoms with Gasteiger partial charge in [0.05, 0.1) is 0 Å². The standard InChI is InChI=1S/C24H28N6O3/c1-16(31)27-18-10-12-19(13-11-18)28-22-25-15-26-23(30-22)29-20(21(32)33-24(2,3)4)14-17-8-6-5-7-9-17/h5-13,15,20H,14H2,1-4H3,(H,27,31)(H2,25,26,28,29,30)/t20-/m0/s1. The average molecular weight is 449 g/mol. The zero-order valence-electron chi connectivity index (χ0n) is 19.1. The van der Waals surface area contributed by atoms with Gasteiger partial charge in [-0.2, -0.15) is 4.98 Å². The number of anilines is 4. The number of nitrogens with one attached hydrogen (secondary N) is 3. The van der Waals surface area contributed by atoms with Crippen molar-refractivity contribution >= 4 is 35.1 Å². The van der Waals surface area contributed by atoms with Gasteiger partial charge in [0.2, 0.25) is 17.8 Å². The van der Waals surface area contributed by atoms with Crippen LogP contribution in [-0.2, 0) is 20.7 Å². The predicted octanol–water partition coefficient (Wildman–Crippen LogP) is 3.94. The quantitative estimate of drug-likeness (QED) is 0.444. The van der Waals surface area contributed by atoms with E-state index in [4.69, 9.17) is 4.74 Å². The summed E-state index contributed by atoms with van der Waals surface area (Å²) in [5, 5.41) is 8.88. The van der Waals surface area contributed by atoms with Crippen LogP contribution in [0.2, 0.25) is 0 Å². The highest BCUT2D eigenvalue weighted by molar-refractivity contribution is 5.88. The molecular formula is C24H28N6O3. The van der Waals surface area contributed by atoms with Gasteiger partial charge in [0, 0.05) is 24.7 Å². The van der Waals surface area contributed by atoms with Gasteiger partial charge in [0.15, 0.2) is 0 Å². The smallest absolute Gasteiger partial charge is 0.329 e. The fourth-order valence-corrected chi connectivity index (χ4v) is 2.97. The third-order valence-corrected chi connectivity index (χ3v) is 4.31. The molecule has 3 rings (SSSR count). The molecule has 0 unspecified atom stereocenters. The number of esters is 1. The Morgan fingerprint density at radius 1 is 0.939 bits per heavy atom. The second-order valence-corrected chi connectivity index (χ2v) is 8.44. The first kappa shape index (κ1) is 23.6. The largest absolute Gasteiger partial charge is 0.458 e. The first-order valence-electron chi connectivity index (χ1n) is 10.5. The van der Waals surface area contributed by atoms with E-state index in [1.807, 2.05) is 51.1 Å². The highest BCUT2D eigenvalue weighted by Crippen LogP contribution is 2.18. The van der Waals surface area contributed by atoms with Crippen molar-refractivity contribution in [3.8, 4) is 0 Å². The molecule has 0 fully saturated rings. The summed E-state index contributed by atoms with van der Waals surface area (Å²) < 4.78 is 5.59. The number of aromatic nitrogens is 3. The monoisotopic (exact) mass is 448 g/mol. The van der Waals surface area contributed by atoms with Crippen LogP contribution in [-0.4, -0.2) is 38.5 Å². The van der Waals surface area contributed by atoms with E-state index in [0.29, 0.717) is 18.1 Å². The van der Waals surface area contributed by atoms with Gasteiger partial charge in [-0.1, -0.05) is 30.3 Å². The lowest BCUT2D eigenvalue weighted by molar-refractivity contribution is -0.155. The molecule has 33 heavy (non-hydrogen) atoms. The molecule has 0 bridgehead atoms. The van der Waals surface area contributed by atoms with Crippen LogP contribution in [0.3, 0.4) is 0 Å². The second kappa shape index (κ2) is 10.5. The van der Waals surface area contributed by atoms with Gasteiger partial charge >= 0.3 is 5.97 Å². The Labute approximate surface area is 193 Å². The minimum Gasteiger partial charge on any atom is -0.458 e. The van der Waals surface area contributed by atoms with Crippen molar-refractivity contribution in [1.29, 1.82) is 0 Å². The number of carbonyl (C=O) groups is 2. The maximum atomic E-state index is 12.9. The highest BCUT2D eigenvalue weighted by atomic mass is 16.6. The van der Waals surface area contributed by atoms with Gasteiger partial charge in [0.25, 0.3) is 0 Å². The SMILES string of the molecule is CC(=O)Nc1ccc(Nc2ncnc(N[C@@H](Cc3ccccc3)C(=O)OC(C)(C)C)n2)cc1. The number of hydrogen-bond acceptors (Lipinski definition) is 8. The van der Waals surface area contributed by atoms with E-state index in [2.05, 4.69) is 30.9 Å². The minimum absolute atomic E-state index is 0.140. The van der Waals surface area contributed by atoms with Crippen LogP contribution < -0.4 is 16.0 Å². The van der Waals surface area contributed by atoms with Gasteiger partial charge in [-0.15, -0.1) is 0 Å². The summed E-state index contributed by atoms with van der Waals surface area (Å²) in [4.78, 5) is 36.7. The van der Waals surface area contributed by atoms with Gasteiger partial charge in [0.1, 0.15) is 18.0 Å². The number of hydrogen-bond donors (Lipinski definition) is 3. The normalized spacial score (nSPS) is 11.9. The van der Waals surface area contributed by atoms with Gasteiger partial charge in [-0.3, -0.25) is 4.79 Å². The summed E-state index contributed by atoms with van der Waals surface area (Å²) in [6.07, 6.45) is 1.77. The van der Waals surface area contributed by atoms with Crippen LogP contribution in [0.15, 0.2) is 60.9 Å². The fourth-order valence-electron chi connectivity index (χ4n) is 2.97. The lowest BCUT2D eigenvalue weighted by Crippen LogP contribution is -2.38. The van der Waals surface area contributed by atoms with E-state index in [0.717, 1.165) is 11.3 Å². The molecule has 0 aliphatic carbocycles. The minimum atomic E-state index is -0.682. The molecule has 0 spiro atoms. The van der Waals surface area contributed by atoms with Crippen molar-refractivity contribution in [2.75, 3.05) is 16.0 Å². The molecule has 1 amide bonds. The maximum Gasteiger partial charge on any atom is 0.329 e. The Hall–Kier alpha value is -4.01. The molecule has 1 heterocycles. The van der Waals surface area contributed by atoms with Crippen molar-refractivity contribution in [3.63, 3.8) is 0 Å². The molecule has 2 aromatic carbocycles. The Kier molecular flexibility index (Phi) is 7.55. The molecule has 1 atom stereocenters. The van der Waals surface area contributed by atoms with Crippen LogP contribution >= 0.6 is 0 Å². The lowest BCUT2D eigenvalue weighted by Gasteiger charge is -2.24. The molecule has 0 saturated heterocycles. The molecular weight excluding hydrogens is 420 g/mol. The summed E-state index contributed by atoms with van der Waals surface area (Å²) in [6.45, 7) is 6.93. The molecule has 0 saturated carbocycles. The highest BCUT2D eigenvalue weighted by Gasteiger charge is 2.26. The van der Waals surface area contributed by atoms with E-state index in [1.165, 1.54) is 13.3 Å². The Bertz CT molecular complexity index is 1080. The van der Waals surface area contributed by atoms with Crippen molar-refractivity contribution in [1.82, 2.24) is 15.0 Å². The molecule has 3 N–H and O–H groups in total. The zero-order chi connectivity index (χ0) is 23.8. The molecule has 0 radical (unpaired) electrons. The number of rotatable bonds is 8. The van der Waals surface area contributed by atoms with Crippen LogP contribution in [0.1, 0.15) is 33.3 Å². The van der Waals surface area contributed by atoms with Crippen molar-refractivity contribution < 1.29 is 14.3 Å². The average Bonchev–Trinajstić information content (AvgIpc) is 2.74. The zero-order valence-corrected chi connectivity index (χ0v) is 19.1. The van der Waals surface area contributed by atoms with Gasteiger partial charge in [-0.05, 0) is 50.6 Å². The molecule has 3 aromatic rings. The van der Waals surface area contributed by atoms with Crippen LogP contribution in [0.25, 0.3) is 0 Å². The third-order valence-electron chi connectivity index (χ3n) is 4.31. The van der Waals surface area contributed by atoms with E-state index in [-0.39, 0.29) is 11.9 Å². The van der Waals surface area contributed by atoms with Crippen molar-refractivity contribution in [3.05, 3.63) is 66.5 Å². The first-order chi connectivity index (χ1) is 15.7. The lowest BCUT2D eigenvalue weighted by atomic mass is 10.1. The summed E-state index contributed by atoms with van der Waals surface area (Å²) in [7, 11) is 0. The van der Waals surface area contributed by atoms with E-state index in [1.54, 1.807) is 24.3 Å². The van der Waals surface area contributed by atoms with Gasteiger partial charge < -0.3 is 20.7 Å². The molecule has 1 aromatic heterocycles. The Balaban J connectivity index is 1.74. The molecule has 0 aliphatic heterocycles. The summed E-state index contributed by atoms with van der Waals surface area (Å²) in [6, 6.07) is 16.1. The summed E-state index contributed by atoms with van der Waals surface area (Å²) in [5.41, 5.74) is 1.78. The number of nitrogens with zero attached hydrogens (tertiary/aromatic N) is 3. The predicted molar refractivity (Wildman–Crippen MR) is 127 cm³/mol. The fraction of sp³-hybridized carbons (Fsp3) is 0.292. The summed E-state index contributed by atoms with van der Waals surface area (Å²) >= 11 is 0. The van der Waals surface area contributed by atoms with Crippen LogP contribution in [0.4, 0.5) is 23.3 Å². The van der Waals surface area contributed by atoms with Crippen molar-refractivity contribution in [2.24, 2.45) is 0 Å². The second-order valence-electron chi connectivity index (χ2n) is 8.44. The number of amides is 1. The first-order valence-corrected chi connectivity index (χ1v) is 10.5. The van der Waals surface area contributed by atoms with E-state index < -0.39 is 17.6 Å². The number of ether oxygens (including phenoxy) is 1. The van der Waals surface area contributed by atoms with Crippen molar-refractivity contribution in [2.45, 2.75) is 45.8 Å². The van der Waals surface area contributed by atoms with Gasteiger partial charge in [-0.25, -0.2) is 14.8 Å². The maximum absolute atomic E-state index is 12.9. The van der Waals surface area contributed by atoms with E-state index >= 15 is 0 Å². The Morgan fingerprint density at radius 2 is 1.58 bits per heavy atom. The topological polar surface area (TPSA) is 118 Å². The molecule has 172 valence electrons. The summed E-state index contributed by atoms with van der Waals surface area (Å²) in [5.74, 6) is 0.0188. The van der Waals surface area contributed by atoms with Crippen LogP contribution in [0.5, 0.6) is 0 Å².